The number of amides is 2. The molecule has 2 rings (SSSR count). The van der Waals surface area contributed by atoms with Crippen molar-refractivity contribution in [3.05, 3.63) is 28.2 Å². The van der Waals surface area contributed by atoms with Gasteiger partial charge in [0.15, 0.2) is 0 Å². The molecule has 5 nitrogen and oxygen atoms in total. The molecule has 1 aliphatic rings. The van der Waals surface area contributed by atoms with Crippen LogP contribution in [0.15, 0.2) is 22.7 Å². The standard InChI is InChI=1S/C14H14BrF3N2O3/c1-13(11(21)22)4-5-20(7-13)12(23)19-10-3-2-8(15)6-9(10)14(16,17)18/h2-3,6H,4-5,7H2,1H3,(H,19,23)(H,21,22). The topological polar surface area (TPSA) is 69.6 Å². The summed E-state index contributed by atoms with van der Waals surface area (Å²) in [5.41, 5.74) is -2.42. The maximum atomic E-state index is 13.0. The Kier molecular flexibility index (Phi) is 4.61. The van der Waals surface area contributed by atoms with Crippen LogP contribution in [0.1, 0.15) is 18.9 Å². The van der Waals surface area contributed by atoms with Gasteiger partial charge in [-0.15, -0.1) is 0 Å². The largest absolute Gasteiger partial charge is 0.481 e. The van der Waals surface area contributed by atoms with Gasteiger partial charge in [-0.3, -0.25) is 4.79 Å². The van der Waals surface area contributed by atoms with Crippen LogP contribution in [0.25, 0.3) is 0 Å². The SMILES string of the molecule is CC1(C(=O)O)CCN(C(=O)Nc2ccc(Br)cc2C(F)(F)F)C1. The molecule has 126 valence electrons. The second-order valence-corrected chi connectivity index (χ2v) is 6.57. The van der Waals surface area contributed by atoms with E-state index in [-0.39, 0.29) is 29.7 Å². The Morgan fingerprint density at radius 2 is 2.04 bits per heavy atom. The van der Waals surface area contributed by atoms with Crippen molar-refractivity contribution < 1.29 is 27.9 Å². The third-order valence-corrected chi connectivity index (χ3v) is 4.30. The van der Waals surface area contributed by atoms with E-state index >= 15 is 0 Å². The minimum absolute atomic E-state index is 0.0496. The lowest BCUT2D eigenvalue weighted by Crippen LogP contribution is -2.37. The van der Waals surface area contributed by atoms with Gasteiger partial charge in [-0.05, 0) is 31.5 Å². The molecule has 1 aliphatic heterocycles. The lowest BCUT2D eigenvalue weighted by Gasteiger charge is -2.21. The smallest absolute Gasteiger partial charge is 0.418 e. The highest BCUT2D eigenvalue weighted by Gasteiger charge is 2.42. The zero-order valence-corrected chi connectivity index (χ0v) is 13.7. The molecule has 23 heavy (non-hydrogen) atoms. The first kappa shape index (κ1) is 17.6. The molecule has 0 saturated carbocycles. The number of nitrogens with zero attached hydrogens (tertiary/aromatic N) is 1. The number of carboxylic acid groups (broad SMARTS) is 1. The van der Waals surface area contributed by atoms with Crippen molar-refractivity contribution in [3.63, 3.8) is 0 Å². The first-order valence-corrected chi connectivity index (χ1v) is 7.48. The van der Waals surface area contributed by atoms with E-state index in [0.717, 1.165) is 12.1 Å². The molecule has 1 fully saturated rings. The molecule has 1 aromatic carbocycles. The molecule has 0 spiro atoms. The van der Waals surface area contributed by atoms with Crippen molar-refractivity contribution in [2.45, 2.75) is 19.5 Å². The van der Waals surface area contributed by atoms with Gasteiger partial charge in [0, 0.05) is 17.6 Å². The molecule has 1 unspecified atom stereocenters. The lowest BCUT2D eigenvalue weighted by molar-refractivity contribution is -0.147. The predicted molar refractivity (Wildman–Crippen MR) is 80.1 cm³/mol. The zero-order valence-electron chi connectivity index (χ0n) is 12.1. The number of aliphatic carboxylic acids is 1. The summed E-state index contributed by atoms with van der Waals surface area (Å²) in [4.78, 5) is 24.5. The summed E-state index contributed by atoms with van der Waals surface area (Å²) in [5, 5.41) is 11.3. The average molecular weight is 395 g/mol. The van der Waals surface area contributed by atoms with Crippen LogP contribution in [0.5, 0.6) is 0 Å². The number of benzene rings is 1. The van der Waals surface area contributed by atoms with E-state index in [9.17, 15) is 22.8 Å². The number of urea groups is 1. The van der Waals surface area contributed by atoms with Gasteiger partial charge >= 0.3 is 18.2 Å². The number of rotatable bonds is 2. The summed E-state index contributed by atoms with van der Waals surface area (Å²) in [7, 11) is 0. The highest BCUT2D eigenvalue weighted by atomic mass is 79.9. The number of hydrogen-bond acceptors (Lipinski definition) is 2. The number of alkyl halides is 3. The van der Waals surface area contributed by atoms with Crippen LogP contribution in [-0.2, 0) is 11.0 Å². The lowest BCUT2D eigenvalue weighted by atomic mass is 9.90. The Morgan fingerprint density at radius 3 is 2.57 bits per heavy atom. The molecule has 0 bridgehead atoms. The minimum atomic E-state index is -4.62. The van der Waals surface area contributed by atoms with Crippen molar-refractivity contribution in [2.75, 3.05) is 18.4 Å². The molecule has 9 heteroatoms. The number of hydrogen-bond donors (Lipinski definition) is 2. The summed E-state index contributed by atoms with van der Waals surface area (Å²) < 4.78 is 39.3. The number of carbonyl (C=O) groups excluding carboxylic acids is 1. The summed E-state index contributed by atoms with van der Waals surface area (Å²) in [6.07, 6.45) is -4.37. The monoisotopic (exact) mass is 394 g/mol. The first-order valence-electron chi connectivity index (χ1n) is 6.69. The Labute approximate surface area is 138 Å². The van der Waals surface area contributed by atoms with Crippen molar-refractivity contribution in [3.8, 4) is 0 Å². The summed E-state index contributed by atoms with van der Waals surface area (Å²) in [6.45, 7) is 1.63. The predicted octanol–water partition coefficient (Wildman–Crippen LogP) is 3.80. The number of nitrogens with one attached hydrogen (secondary N) is 1. The molecule has 1 saturated heterocycles. The van der Waals surface area contributed by atoms with Gasteiger partial charge in [-0.25, -0.2) is 4.79 Å². The second kappa shape index (κ2) is 6.03. The van der Waals surface area contributed by atoms with Crippen molar-refractivity contribution in [2.24, 2.45) is 5.41 Å². The van der Waals surface area contributed by atoms with E-state index in [4.69, 9.17) is 5.11 Å². The third kappa shape index (κ3) is 3.77. The van der Waals surface area contributed by atoms with Gasteiger partial charge < -0.3 is 15.3 Å². The van der Waals surface area contributed by atoms with Crippen molar-refractivity contribution >= 4 is 33.6 Å². The van der Waals surface area contributed by atoms with E-state index in [1.165, 1.54) is 17.9 Å². The zero-order chi connectivity index (χ0) is 17.4. The molecule has 1 atom stereocenters. The molecular formula is C14H14BrF3N2O3. The quantitative estimate of drug-likeness (QED) is 0.801. The Hall–Kier alpha value is -1.77. The normalized spacial score (nSPS) is 21.3. The number of halogens is 4. The molecule has 2 N–H and O–H groups in total. The van der Waals surface area contributed by atoms with E-state index in [0.29, 0.717) is 0 Å². The molecule has 0 aromatic heterocycles. The van der Waals surface area contributed by atoms with Crippen LogP contribution in [-0.4, -0.2) is 35.1 Å². The third-order valence-electron chi connectivity index (χ3n) is 3.81. The van der Waals surface area contributed by atoms with Gasteiger partial charge in [0.1, 0.15) is 0 Å². The van der Waals surface area contributed by atoms with E-state index in [1.807, 2.05) is 0 Å². The van der Waals surface area contributed by atoms with Gasteiger partial charge in [-0.1, -0.05) is 15.9 Å². The maximum Gasteiger partial charge on any atom is 0.418 e. The average Bonchev–Trinajstić information content (AvgIpc) is 2.84. The van der Waals surface area contributed by atoms with Gasteiger partial charge in [-0.2, -0.15) is 13.2 Å². The van der Waals surface area contributed by atoms with Crippen LogP contribution in [0.2, 0.25) is 0 Å². The molecule has 0 radical (unpaired) electrons. The van der Waals surface area contributed by atoms with E-state index < -0.39 is 29.2 Å². The maximum absolute atomic E-state index is 13.0. The van der Waals surface area contributed by atoms with Crippen molar-refractivity contribution in [1.82, 2.24) is 4.90 Å². The Bertz CT molecular complexity index is 651. The summed E-state index contributed by atoms with van der Waals surface area (Å²) in [6, 6.07) is 2.66. The van der Waals surface area contributed by atoms with Gasteiger partial charge in [0.25, 0.3) is 0 Å². The first-order chi connectivity index (χ1) is 10.5. The summed E-state index contributed by atoms with van der Waals surface area (Å²) in [5.74, 6) is -1.03. The number of carboxylic acids is 1. The van der Waals surface area contributed by atoms with E-state index in [2.05, 4.69) is 21.2 Å². The van der Waals surface area contributed by atoms with Crippen molar-refractivity contribution in [1.29, 1.82) is 0 Å². The van der Waals surface area contributed by atoms with E-state index in [1.54, 1.807) is 0 Å². The summed E-state index contributed by atoms with van der Waals surface area (Å²) >= 11 is 2.96. The number of carbonyl (C=O) groups is 2. The Balaban J connectivity index is 2.18. The van der Waals surface area contributed by atoms with Crippen LogP contribution in [0.3, 0.4) is 0 Å². The minimum Gasteiger partial charge on any atom is -0.481 e. The highest BCUT2D eigenvalue weighted by Crippen LogP contribution is 2.37. The molecule has 2 amide bonds. The van der Waals surface area contributed by atoms with Gasteiger partial charge in [0.2, 0.25) is 0 Å². The van der Waals surface area contributed by atoms with Crippen LogP contribution < -0.4 is 5.32 Å². The highest BCUT2D eigenvalue weighted by molar-refractivity contribution is 9.10. The fourth-order valence-corrected chi connectivity index (χ4v) is 2.72. The van der Waals surface area contributed by atoms with Crippen LogP contribution in [0, 0.1) is 5.41 Å². The second-order valence-electron chi connectivity index (χ2n) is 5.66. The van der Waals surface area contributed by atoms with Gasteiger partial charge in [0.05, 0.1) is 16.7 Å². The van der Waals surface area contributed by atoms with Crippen LogP contribution >= 0.6 is 15.9 Å². The molecular weight excluding hydrogens is 381 g/mol. The van der Waals surface area contributed by atoms with Crippen LogP contribution in [0.4, 0.5) is 23.7 Å². The number of likely N-dealkylation sites (tertiary alicyclic amines) is 1. The molecule has 1 aromatic rings. The fraction of sp³-hybridized carbons (Fsp3) is 0.429. The number of anilines is 1. The molecule has 1 heterocycles. The fourth-order valence-electron chi connectivity index (χ4n) is 2.36. The Morgan fingerprint density at radius 1 is 1.39 bits per heavy atom. The molecule has 0 aliphatic carbocycles.